The lowest BCUT2D eigenvalue weighted by Gasteiger charge is -2.50. The summed E-state index contributed by atoms with van der Waals surface area (Å²) in [6.07, 6.45) is -45.0. The van der Waals surface area contributed by atoms with Crippen LogP contribution in [0.15, 0.2) is 0 Å². The Balaban J connectivity index is 1.39. The molecule has 0 aliphatic carbocycles. The lowest BCUT2D eigenvalue weighted by Crippen LogP contribution is -2.69. The highest BCUT2D eigenvalue weighted by Crippen LogP contribution is 2.35. The van der Waals surface area contributed by atoms with Crippen LogP contribution in [-0.4, -0.2) is 274 Å². The fraction of sp³-hybridized carbons (Fsp3) is 0.969. The topological polar surface area (TPSA) is 436 Å². The Morgan fingerprint density at radius 1 is 0.441 bits per heavy atom. The molecule has 5 rings (SSSR count). The molecule has 0 bridgehead atoms. The first-order chi connectivity index (χ1) is 27.9. The van der Waals surface area contributed by atoms with Crippen LogP contribution in [-0.2, 0) is 47.4 Å². The molecule has 27 nitrogen and oxygen atoms in total. The van der Waals surface area contributed by atoms with Gasteiger partial charge < -0.3 is 130 Å². The van der Waals surface area contributed by atoms with Gasteiger partial charge >= 0.3 is 0 Å². The van der Waals surface area contributed by atoms with E-state index >= 15 is 0 Å². The molecule has 344 valence electrons. The molecule has 0 spiro atoms. The van der Waals surface area contributed by atoms with Gasteiger partial charge in [-0.15, -0.1) is 0 Å². The monoisotopic (exact) mass is 869 g/mol. The largest absolute Gasteiger partial charge is 0.394 e. The van der Waals surface area contributed by atoms with E-state index < -0.39 is 192 Å². The standard InChI is InChI=1S/C32H55NO26/c1-7(38)33-13-19(44)14(39)8(2-34)53-29(13)58-26-21(46)16(41)11(5-37)56-32(26)59-27-22(47)17(42)10(4-36)55-31(27)57-25-18(43)12(52-28(50)24(25)49)6-51-30-23(48)20(45)15(40)9(3-35)54-30/h8-32,34-37,39-50H,2-6H2,1H3,(H,33,38)/t8-,9-,10-,11-,12-,13-,14-,15+,16-,17+,18-,19-,20+,21+,22+,23-,24-,25+,26-,27-,28+,29-,30+,31-,32-/m1/s1. The Morgan fingerprint density at radius 3 is 1.32 bits per heavy atom. The average Bonchev–Trinajstić information content (AvgIpc) is 3.21. The van der Waals surface area contributed by atoms with Crippen LogP contribution in [0, 0.1) is 0 Å². The normalized spacial score (nSPS) is 51.0. The zero-order chi connectivity index (χ0) is 43.6. The van der Waals surface area contributed by atoms with Crippen molar-refractivity contribution in [3.8, 4) is 0 Å². The second-order valence-corrected chi connectivity index (χ2v) is 14.7. The first-order valence-electron chi connectivity index (χ1n) is 18.6. The van der Waals surface area contributed by atoms with Crippen molar-refractivity contribution in [1.29, 1.82) is 0 Å². The molecule has 0 aromatic carbocycles. The van der Waals surface area contributed by atoms with Crippen molar-refractivity contribution in [2.45, 2.75) is 160 Å². The Morgan fingerprint density at radius 2 is 0.847 bits per heavy atom. The van der Waals surface area contributed by atoms with E-state index in [0.717, 1.165) is 6.92 Å². The summed E-state index contributed by atoms with van der Waals surface area (Å²) in [4.78, 5) is 12.0. The fourth-order valence-electron chi connectivity index (χ4n) is 7.28. The van der Waals surface area contributed by atoms with Crippen molar-refractivity contribution in [3.63, 3.8) is 0 Å². The highest BCUT2D eigenvalue weighted by Gasteiger charge is 2.56. The van der Waals surface area contributed by atoms with E-state index in [-0.39, 0.29) is 0 Å². The molecular formula is C32H55NO26. The summed E-state index contributed by atoms with van der Waals surface area (Å²) in [6, 6.07) is -1.60. The maximum Gasteiger partial charge on any atom is 0.217 e. The molecule has 5 heterocycles. The van der Waals surface area contributed by atoms with Crippen molar-refractivity contribution in [2.24, 2.45) is 0 Å². The summed E-state index contributed by atoms with van der Waals surface area (Å²) in [6.45, 7) is -3.32. The van der Waals surface area contributed by atoms with E-state index in [0.29, 0.717) is 0 Å². The first kappa shape index (κ1) is 48.5. The summed E-state index contributed by atoms with van der Waals surface area (Å²) >= 11 is 0. The number of ether oxygens (including phenoxy) is 9. The summed E-state index contributed by atoms with van der Waals surface area (Å²) in [7, 11) is 0. The van der Waals surface area contributed by atoms with Gasteiger partial charge in [0.1, 0.15) is 122 Å². The number of rotatable bonds is 14. The van der Waals surface area contributed by atoms with Gasteiger partial charge in [0, 0.05) is 6.92 Å². The van der Waals surface area contributed by atoms with Crippen LogP contribution >= 0.6 is 0 Å². The molecule has 0 aromatic rings. The number of carbonyl (C=O) groups is 1. The molecule has 0 unspecified atom stereocenters. The molecular weight excluding hydrogens is 814 g/mol. The Labute approximate surface area is 333 Å². The van der Waals surface area contributed by atoms with Crippen LogP contribution in [0.3, 0.4) is 0 Å². The zero-order valence-corrected chi connectivity index (χ0v) is 31.2. The molecule has 0 radical (unpaired) electrons. The third kappa shape index (κ3) is 10.3. The predicted molar refractivity (Wildman–Crippen MR) is 178 cm³/mol. The Kier molecular flexibility index (Phi) is 17.1. The van der Waals surface area contributed by atoms with Gasteiger partial charge in [0.05, 0.1) is 33.0 Å². The van der Waals surface area contributed by atoms with E-state index in [1.54, 1.807) is 0 Å². The maximum atomic E-state index is 12.0. The van der Waals surface area contributed by atoms with Gasteiger partial charge in [0.15, 0.2) is 31.5 Å². The smallest absolute Gasteiger partial charge is 0.217 e. The Bertz CT molecular complexity index is 1320. The molecule has 27 heteroatoms. The van der Waals surface area contributed by atoms with Crippen LogP contribution < -0.4 is 5.32 Å². The molecule has 5 fully saturated rings. The van der Waals surface area contributed by atoms with Gasteiger partial charge in [0.2, 0.25) is 5.91 Å². The average molecular weight is 870 g/mol. The van der Waals surface area contributed by atoms with Gasteiger partial charge in [-0.2, -0.15) is 0 Å². The molecule has 59 heavy (non-hydrogen) atoms. The van der Waals surface area contributed by atoms with Gasteiger partial charge in [-0.05, 0) is 0 Å². The molecule has 5 saturated heterocycles. The van der Waals surface area contributed by atoms with Gasteiger partial charge in [0.25, 0.3) is 0 Å². The zero-order valence-electron chi connectivity index (χ0n) is 31.2. The highest BCUT2D eigenvalue weighted by molar-refractivity contribution is 5.73. The van der Waals surface area contributed by atoms with Crippen molar-refractivity contribution in [2.75, 3.05) is 33.0 Å². The van der Waals surface area contributed by atoms with Crippen molar-refractivity contribution in [3.05, 3.63) is 0 Å². The number of carbonyl (C=O) groups excluding carboxylic acids is 1. The van der Waals surface area contributed by atoms with E-state index in [4.69, 9.17) is 42.6 Å². The summed E-state index contributed by atoms with van der Waals surface area (Å²) in [5, 5.41) is 170. The van der Waals surface area contributed by atoms with Crippen LogP contribution in [0.25, 0.3) is 0 Å². The number of nitrogens with one attached hydrogen (secondary N) is 1. The highest BCUT2D eigenvalue weighted by atomic mass is 16.8. The minimum Gasteiger partial charge on any atom is -0.394 e. The molecule has 0 saturated carbocycles. The number of hydrogen-bond donors (Lipinski definition) is 17. The van der Waals surface area contributed by atoms with Crippen LogP contribution in [0.4, 0.5) is 0 Å². The van der Waals surface area contributed by atoms with Crippen LogP contribution in [0.5, 0.6) is 0 Å². The third-order valence-electron chi connectivity index (χ3n) is 10.7. The van der Waals surface area contributed by atoms with Crippen molar-refractivity contribution >= 4 is 5.91 Å². The Hall–Kier alpha value is -1.53. The van der Waals surface area contributed by atoms with E-state index in [2.05, 4.69) is 5.32 Å². The number of amides is 1. The van der Waals surface area contributed by atoms with Crippen LogP contribution in [0.1, 0.15) is 6.92 Å². The lowest BCUT2D eigenvalue weighted by atomic mass is 9.95. The number of aliphatic hydroxyl groups excluding tert-OH is 16. The van der Waals surface area contributed by atoms with E-state index in [9.17, 15) is 86.5 Å². The second kappa shape index (κ2) is 20.8. The fourth-order valence-corrected chi connectivity index (χ4v) is 7.28. The summed E-state index contributed by atoms with van der Waals surface area (Å²) in [5.41, 5.74) is 0. The predicted octanol–water partition coefficient (Wildman–Crippen LogP) is -11.8. The first-order valence-corrected chi connectivity index (χ1v) is 18.6. The van der Waals surface area contributed by atoms with Crippen molar-refractivity contribution in [1.82, 2.24) is 5.32 Å². The van der Waals surface area contributed by atoms with Gasteiger partial charge in [-0.1, -0.05) is 0 Å². The molecule has 5 aliphatic rings. The summed E-state index contributed by atoms with van der Waals surface area (Å²) in [5.74, 6) is -0.755. The van der Waals surface area contributed by atoms with Gasteiger partial charge in [-0.25, -0.2) is 0 Å². The molecule has 17 N–H and O–H groups in total. The third-order valence-corrected chi connectivity index (χ3v) is 10.7. The minimum atomic E-state index is -2.15. The number of hydrogen-bond acceptors (Lipinski definition) is 26. The molecule has 0 aromatic heterocycles. The summed E-state index contributed by atoms with van der Waals surface area (Å²) < 4.78 is 50.3. The molecule has 25 atom stereocenters. The van der Waals surface area contributed by atoms with Crippen molar-refractivity contribution < 1.29 is 129 Å². The van der Waals surface area contributed by atoms with Crippen LogP contribution in [0.2, 0.25) is 0 Å². The minimum absolute atomic E-state index is 0.755. The second-order valence-electron chi connectivity index (χ2n) is 14.7. The molecule has 5 aliphatic heterocycles. The van der Waals surface area contributed by atoms with Gasteiger partial charge in [-0.3, -0.25) is 4.79 Å². The quantitative estimate of drug-likeness (QED) is 0.0770. The van der Waals surface area contributed by atoms with E-state index in [1.165, 1.54) is 0 Å². The maximum absolute atomic E-state index is 12.0. The van der Waals surface area contributed by atoms with E-state index in [1.807, 2.05) is 0 Å². The number of aliphatic hydroxyl groups is 16. The SMILES string of the molecule is CC(=O)N[C@H]1[C@@H](O[C@H]2[C@@H](O[C@H]3[C@@H](O[C@@H]4[C@@H](O)[C@@H](O)O[C@H](CO[C@H]5O[C@H](CO)[C@H](O)[C@H](O)[C@H]5O)[C@H]4O)O[C@H](CO)[C@H](O)[C@@H]3O)O[C@H](CO)[C@@H](O)[C@@H]2O)O[C@H](CO)[C@@H](O)[C@@H]1O. The molecule has 1 amide bonds. The lowest BCUT2D eigenvalue weighted by molar-refractivity contribution is -0.400.